The smallest absolute Gasteiger partial charge is 0.256 e. The second-order valence-electron chi connectivity index (χ2n) is 5.38. The fraction of sp³-hybridized carbons (Fsp3) is 0.533. The molecule has 23 heavy (non-hydrogen) atoms. The minimum absolute atomic E-state index is 0. The highest BCUT2D eigenvalue weighted by atomic mass is 35.5. The Balaban J connectivity index is 0.00000192. The van der Waals surface area contributed by atoms with Gasteiger partial charge in [-0.3, -0.25) is 4.79 Å². The van der Waals surface area contributed by atoms with Crippen LogP contribution in [0.3, 0.4) is 0 Å². The number of ether oxygens (including phenoxy) is 3. The number of carbonyl (C=O) groups excluding carboxylic acids is 1. The predicted molar refractivity (Wildman–Crippen MR) is 90.2 cm³/mol. The summed E-state index contributed by atoms with van der Waals surface area (Å²) in [6.45, 7) is 2.47. The molecule has 0 bridgehead atoms. The van der Waals surface area contributed by atoms with Crippen LogP contribution in [-0.4, -0.2) is 44.9 Å². The number of fused-ring (bicyclic) bond motifs is 1. The van der Waals surface area contributed by atoms with E-state index in [-0.39, 0.29) is 18.3 Å². The maximum Gasteiger partial charge on any atom is 0.256 e. The van der Waals surface area contributed by atoms with Crippen molar-refractivity contribution >= 4 is 35.6 Å². The van der Waals surface area contributed by atoms with E-state index in [0.717, 1.165) is 13.1 Å². The number of halogens is 2. The molecule has 1 fully saturated rings. The van der Waals surface area contributed by atoms with Crippen molar-refractivity contribution in [2.24, 2.45) is 0 Å². The predicted octanol–water partition coefficient (Wildman–Crippen LogP) is 2.24. The number of hydrogen-bond acceptors (Lipinski definition) is 5. The van der Waals surface area contributed by atoms with Gasteiger partial charge in [0.1, 0.15) is 18.8 Å². The summed E-state index contributed by atoms with van der Waals surface area (Å²) in [5.74, 6) is 0.996. The summed E-state index contributed by atoms with van der Waals surface area (Å²) in [7, 11) is 1.57. The molecule has 2 aliphatic rings. The second-order valence-corrected chi connectivity index (χ2v) is 5.79. The lowest BCUT2D eigenvalue weighted by molar-refractivity contribution is -0.140. The number of methoxy groups -OCH3 is 1. The number of amides is 1. The van der Waals surface area contributed by atoms with Crippen molar-refractivity contribution in [1.29, 1.82) is 0 Å². The zero-order chi connectivity index (χ0) is 15.6. The van der Waals surface area contributed by atoms with E-state index < -0.39 is 5.60 Å². The van der Waals surface area contributed by atoms with Gasteiger partial charge in [0, 0.05) is 19.2 Å². The third-order valence-electron chi connectivity index (χ3n) is 4.10. The van der Waals surface area contributed by atoms with Crippen molar-refractivity contribution in [3.05, 3.63) is 17.2 Å². The summed E-state index contributed by atoms with van der Waals surface area (Å²) in [4.78, 5) is 12.6. The van der Waals surface area contributed by atoms with Crippen LogP contribution in [0.15, 0.2) is 12.1 Å². The molecule has 128 valence electrons. The molecule has 1 aromatic rings. The van der Waals surface area contributed by atoms with Crippen molar-refractivity contribution in [1.82, 2.24) is 5.32 Å². The van der Waals surface area contributed by atoms with Gasteiger partial charge < -0.3 is 24.8 Å². The van der Waals surface area contributed by atoms with E-state index in [9.17, 15) is 4.79 Å². The van der Waals surface area contributed by atoms with Gasteiger partial charge in [0.25, 0.3) is 5.91 Å². The van der Waals surface area contributed by atoms with Crippen LogP contribution in [0, 0.1) is 0 Å². The molecule has 0 aromatic heterocycles. The number of hydrogen-bond donors (Lipinski definition) is 2. The molecule has 1 amide bonds. The molecule has 0 aliphatic carbocycles. The van der Waals surface area contributed by atoms with Crippen LogP contribution in [0.2, 0.25) is 5.02 Å². The normalized spacial score (nSPS) is 18.7. The Labute approximate surface area is 146 Å². The third-order valence-corrected chi connectivity index (χ3v) is 4.41. The monoisotopic (exact) mass is 362 g/mol. The standard InChI is InChI=1S/C15H19ClN2O4.ClH/c1-20-15(2-4-17-5-3-15)14(19)18-11-9-13-12(8-10(11)16)21-6-7-22-13;/h8-9,17H,2-7H2,1H3,(H,18,19);1H. The Morgan fingerprint density at radius 1 is 1.26 bits per heavy atom. The van der Waals surface area contributed by atoms with Gasteiger partial charge in [0.05, 0.1) is 10.7 Å². The van der Waals surface area contributed by atoms with Crippen molar-refractivity contribution in [2.45, 2.75) is 18.4 Å². The molecule has 2 heterocycles. The maximum atomic E-state index is 12.6. The lowest BCUT2D eigenvalue weighted by atomic mass is 9.91. The van der Waals surface area contributed by atoms with E-state index in [4.69, 9.17) is 25.8 Å². The molecule has 0 unspecified atom stereocenters. The van der Waals surface area contributed by atoms with E-state index >= 15 is 0 Å². The first kappa shape index (κ1) is 18.1. The van der Waals surface area contributed by atoms with Gasteiger partial charge in [-0.1, -0.05) is 11.6 Å². The quantitative estimate of drug-likeness (QED) is 0.862. The minimum atomic E-state index is -0.818. The first-order valence-electron chi connectivity index (χ1n) is 7.31. The number of anilines is 1. The van der Waals surface area contributed by atoms with Crippen LogP contribution >= 0.6 is 24.0 Å². The molecule has 0 radical (unpaired) electrons. The molecule has 8 heteroatoms. The van der Waals surface area contributed by atoms with E-state index in [1.54, 1.807) is 19.2 Å². The molecule has 2 N–H and O–H groups in total. The summed E-state index contributed by atoms with van der Waals surface area (Å²) in [6, 6.07) is 3.35. The van der Waals surface area contributed by atoms with Crippen molar-refractivity contribution < 1.29 is 19.0 Å². The van der Waals surface area contributed by atoms with Crippen LogP contribution in [0.1, 0.15) is 12.8 Å². The Morgan fingerprint density at radius 2 is 1.87 bits per heavy atom. The summed E-state index contributed by atoms with van der Waals surface area (Å²) in [5, 5.41) is 6.50. The largest absolute Gasteiger partial charge is 0.486 e. The van der Waals surface area contributed by atoms with Crippen molar-refractivity contribution in [3.63, 3.8) is 0 Å². The minimum Gasteiger partial charge on any atom is -0.486 e. The van der Waals surface area contributed by atoms with Gasteiger partial charge in [0.15, 0.2) is 11.5 Å². The molecule has 1 saturated heterocycles. The summed E-state index contributed by atoms with van der Waals surface area (Å²) < 4.78 is 16.5. The molecule has 0 saturated carbocycles. The fourth-order valence-corrected chi connectivity index (χ4v) is 2.95. The number of carbonyl (C=O) groups is 1. The first-order chi connectivity index (χ1) is 10.6. The van der Waals surface area contributed by atoms with Crippen LogP contribution in [0.5, 0.6) is 11.5 Å². The van der Waals surface area contributed by atoms with Gasteiger partial charge in [-0.25, -0.2) is 0 Å². The highest BCUT2D eigenvalue weighted by Crippen LogP contribution is 2.38. The van der Waals surface area contributed by atoms with Crippen LogP contribution < -0.4 is 20.1 Å². The zero-order valence-corrected chi connectivity index (χ0v) is 14.4. The molecule has 3 rings (SSSR count). The molecule has 6 nitrogen and oxygen atoms in total. The molecular formula is C15H20Cl2N2O4. The average molecular weight is 363 g/mol. The summed E-state index contributed by atoms with van der Waals surface area (Å²) >= 11 is 6.23. The number of nitrogens with one attached hydrogen (secondary N) is 2. The number of rotatable bonds is 3. The lowest BCUT2D eigenvalue weighted by Crippen LogP contribution is -2.51. The van der Waals surface area contributed by atoms with Gasteiger partial charge in [-0.05, 0) is 25.9 Å². The Kier molecular flexibility index (Phi) is 5.97. The van der Waals surface area contributed by atoms with E-state index in [0.29, 0.717) is 48.3 Å². The third kappa shape index (κ3) is 3.66. The Morgan fingerprint density at radius 3 is 2.48 bits per heavy atom. The Bertz CT molecular complexity index is 577. The summed E-state index contributed by atoms with van der Waals surface area (Å²) in [5.41, 5.74) is -0.312. The lowest BCUT2D eigenvalue weighted by Gasteiger charge is -2.34. The fourth-order valence-electron chi connectivity index (χ4n) is 2.75. The maximum absolute atomic E-state index is 12.6. The van der Waals surface area contributed by atoms with Gasteiger partial charge in [0.2, 0.25) is 0 Å². The highest BCUT2D eigenvalue weighted by molar-refractivity contribution is 6.34. The molecule has 0 atom stereocenters. The second kappa shape index (κ2) is 7.57. The summed E-state index contributed by atoms with van der Waals surface area (Å²) in [6.07, 6.45) is 1.25. The Hall–Kier alpha value is -1.21. The number of piperidine rings is 1. The van der Waals surface area contributed by atoms with E-state index in [1.807, 2.05) is 0 Å². The van der Waals surface area contributed by atoms with Crippen LogP contribution in [-0.2, 0) is 9.53 Å². The van der Waals surface area contributed by atoms with Crippen LogP contribution in [0.4, 0.5) is 5.69 Å². The van der Waals surface area contributed by atoms with Crippen molar-refractivity contribution in [2.75, 3.05) is 38.7 Å². The molecule has 0 spiro atoms. The van der Waals surface area contributed by atoms with E-state index in [1.165, 1.54) is 0 Å². The van der Waals surface area contributed by atoms with E-state index in [2.05, 4.69) is 10.6 Å². The van der Waals surface area contributed by atoms with Gasteiger partial charge in [-0.2, -0.15) is 0 Å². The molecular weight excluding hydrogens is 343 g/mol. The SMILES string of the molecule is COC1(C(=O)Nc2cc3c(cc2Cl)OCCO3)CCNCC1.Cl. The average Bonchev–Trinajstić information content (AvgIpc) is 2.56. The molecule has 2 aliphatic heterocycles. The topological polar surface area (TPSA) is 68.8 Å². The zero-order valence-electron chi connectivity index (χ0n) is 12.8. The van der Waals surface area contributed by atoms with Gasteiger partial charge in [-0.15, -0.1) is 12.4 Å². The first-order valence-corrected chi connectivity index (χ1v) is 7.69. The van der Waals surface area contributed by atoms with Gasteiger partial charge >= 0.3 is 0 Å². The highest BCUT2D eigenvalue weighted by Gasteiger charge is 2.40. The van der Waals surface area contributed by atoms with Crippen molar-refractivity contribution in [3.8, 4) is 11.5 Å². The van der Waals surface area contributed by atoms with Crippen LogP contribution in [0.25, 0.3) is 0 Å². The molecule has 1 aromatic carbocycles. The number of benzene rings is 1.